The van der Waals surface area contributed by atoms with Gasteiger partial charge in [-0.3, -0.25) is 4.57 Å². The standard InChI is InChI=1S/C27H26N4O3S/c1-3-33-21-10-8-19(9-11-21)31-26(24-18-28-25-7-5-4-6-23(24)25)29-30-27(31)35-17-16-34-22-14-12-20(32-2)13-15-22/h4-15,18,28H,3,16-17H2,1-2H3. The molecule has 0 aliphatic rings. The minimum absolute atomic E-state index is 0.537. The number of rotatable bonds is 10. The lowest BCUT2D eigenvalue weighted by atomic mass is 10.1. The lowest BCUT2D eigenvalue weighted by molar-refractivity contribution is 0.340. The summed E-state index contributed by atoms with van der Waals surface area (Å²) in [6.45, 7) is 3.14. The number of fused-ring (bicyclic) bond motifs is 1. The maximum Gasteiger partial charge on any atom is 0.196 e. The predicted octanol–water partition coefficient (Wildman–Crippen LogP) is 5.99. The molecule has 0 saturated carbocycles. The molecule has 0 atom stereocenters. The van der Waals surface area contributed by atoms with Gasteiger partial charge >= 0.3 is 0 Å². The van der Waals surface area contributed by atoms with Gasteiger partial charge < -0.3 is 19.2 Å². The first kappa shape index (κ1) is 22.9. The zero-order valence-corrected chi connectivity index (χ0v) is 20.4. The van der Waals surface area contributed by atoms with E-state index in [1.54, 1.807) is 18.9 Å². The van der Waals surface area contributed by atoms with Crippen LogP contribution in [-0.4, -0.2) is 45.8 Å². The molecule has 0 bridgehead atoms. The number of hydrogen-bond acceptors (Lipinski definition) is 6. The van der Waals surface area contributed by atoms with E-state index in [-0.39, 0.29) is 0 Å². The van der Waals surface area contributed by atoms with Crippen LogP contribution in [0.3, 0.4) is 0 Å². The van der Waals surface area contributed by atoms with E-state index in [0.29, 0.717) is 13.2 Å². The molecular weight excluding hydrogens is 460 g/mol. The van der Waals surface area contributed by atoms with Gasteiger partial charge in [0, 0.05) is 34.1 Å². The molecule has 0 amide bonds. The fourth-order valence-electron chi connectivity index (χ4n) is 3.85. The Bertz CT molecular complexity index is 1390. The zero-order chi connectivity index (χ0) is 24.0. The second-order valence-electron chi connectivity index (χ2n) is 7.69. The topological polar surface area (TPSA) is 74.2 Å². The van der Waals surface area contributed by atoms with E-state index in [9.17, 15) is 0 Å². The minimum Gasteiger partial charge on any atom is -0.497 e. The number of aromatic nitrogens is 4. The zero-order valence-electron chi connectivity index (χ0n) is 19.6. The molecule has 3 aromatic carbocycles. The summed E-state index contributed by atoms with van der Waals surface area (Å²) in [5, 5.41) is 11.0. The number of nitrogens with zero attached hydrogens (tertiary/aromatic N) is 3. The molecule has 0 saturated heterocycles. The quantitative estimate of drug-likeness (QED) is 0.193. The van der Waals surface area contributed by atoms with Crippen LogP contribution in [0.2, 0.25) is 0 Å². The van der Waals surface area contributed by atoms with Crippen molar-refractivity contribution < 1.29 is 14.2 Å². The van der Waals surface area contributed by atoms with Crippen LogP contribution in [0.5, 0.6) is 17.2 Å². The lowest BCUT2D eigenvalue weighted by Crippen LogP contribution is -2.03. The molecule has 5 rings (SSSR count). The lowest BCUT2D eigenvalue weighted by Gasteiger charge is -2.11. The smallest absolute Gasteiger partial charge is 0.196 e. The van der Waals surface area contributed by atoms with Crippen molar-refractivity contribution in [2.75, 3.05) is 26.1 Å². The monoisotopic (exact) mass is 486 g/mol. The predicted molar refractivity (Wildman–Crippen MR) is 139 cm³/mol. The molecule has 2 aromatic heterocycles. The molecule has 8 heteroatoms. The van der Waals surface area contributed by atoms with Gasteiger partial charge in [-0.2, -0.15) is 0 Å². The van der Waals surface area contributed by atoms with E-state index in [1.165, 1.54) is 0 Å². The van der Waals surface area contributed by atoms with Crippen molar-refractivity contribution in [3.05, 3.63) is 79.0 Å². The second-order valence-corrected chi connectivity index (χ2v) is 8.75. The van der Waals surface area contributed by atoms with Gasteiger partial charge in [-0.15, -0.1) is 10.2 Å². The summed E-state index contributed by atoms with van der Waals surface area (Å²) < 4.78 is 18.8. The average Bonchev–Trinajstić information content (AvgIpc) is 3.52. The summed E-state index contributed by atoms with van der Waals surface area (Å²) in [4.78, 5) is 3.34. The molecule has 5 aromatic rings. The summed E-state index contributed by atoms with van der Waals surface area (Å²) >= 11 is 1.60. The van der Waals surface area contributed by atoms with Crippen molar-refractivity contribution in [1.82, 2.24) is 19.7 Å². The van der Waals surface area contributed by atoms with Crippen LogP contribution in [0.25, 0.3) is 28.0 Å². The first-order valence-electron chi connectivity index (χ1n) is 11.4. The molecule has 0 fully saturated rings. The molecule has 2 heterocycles. The van der Waals surface area contributed by atoms with Crippen molar-refractivity contribution in [2.24, 2.45) is 0 Å². The molecule has 0 aliphatic carbocycles. The average molecular weight is 487 g/mol. The van der Waals surface area contributed by atoms with Crippen LogP contribution in [-0.2, 0) is 0 Å². The molecule has 1 N–H and O–H groups in total. The Balaban J connectivity index is 1.40. The second kappa shape index (κ2) is 10.6. The molecule has 35 heavy (non-hydrogen) atoms. The first-order valence-corrected chi connectivity index (χ1v) is 12.4. The molecular formula is C27H26N4O3S. The normalized spacial score (nSPS) is 11.0. The molecule has 178 valence electrons. The van der Waals surface area contributed by atoms with Crippen molar-refractivity contribution in [3.63, 3.8) is 0 Å². The van der Waals surface area contributed by atoms with E-state index >= 15 is 0 Å². The fraction of sp³-hybridized carbons (Fsp3) is 0.185. The number of para-hydroxylation sites is 1. The van der Waals surface area contributed by atoms with Crippen molar-refractivity contribution in [1.29, 1.82) is 0 Å². The number of aromatic amines is 1. The number of methoxy groups -OCH3 is 1. The summed E-state index contributed by atoms with van der Waals surface area (Å²) in [7, 11) is 1.65. The summed E-state index contributed by atoms with van der Waals surface area (Å²) in [6, 6.07) is 23.8. The first-order chi connectivity index (χ1) is 17.3. The Morgan fingerprint density at radius 1 is 0.857 bits per heavy atom. The van der Waals surface area contributed by atoms with Crippen LogP contribution in [0.1, 0.15) is 6.92 Å². The Hall–Kier alpha value is -3.91. The summed E-state index contributed by atoms with van der Waals surface area (Å²) in [5.74, 6) is 3.94. The third kappa shape index (κ3) is 4.97. The van der Waals surface area contributed by atoms with Crippen LogP contribution in [0, 0.1) is 0 Å². The van der Waals surface area contributed by atoms with E-state index < -0.39 is 0 Å². The van der Waals surface area contributed by atoms with Gasteiger partial charge in [0.05, 0.1) is 20.3 Å². The van der Waals surface area contributed by atoms with Crippen LogP contribution in [0.15, 0.2) is 84.1 Å². The molecule has 0 spiro atoms. The fourth-order valence-corrected chi connectivity index (χ4v) is 4.62. The summed E-state index contributed by atoms with van der Waals surface area (Å²) in [5.41, 5.74) is 3.03. The van der Waals surface area contributed by atoms with Crippen molar-refractivity contribution in [2.45, 2.75) is 12.1 Å². The van der Waals surface area contributed by atoms with Gasteiger partial charge in [0.1, 0.15) is 17.2 Å². The SMILES string of the molecule is CCOc1ccc(-n2c(SCCOc3ccc(OC)cc3)nnc2-c2c[nH]c3ccccc23)cc1. The highest BCUT2D eigenvalue weighted by Gasteiger charge is 2.19. The van der Waals surface area contributed by atoms with Crippen LogP contribution >= 0.6 is 11.8 Å². The number of ether oxygens (including phenoxy) is 3. The number of hydrogen-bond donors (Lipinski definition) is 1. The Kier molecular flexibility index (Phi) is 6.90. The molecule has 0 unspecified atom stereocenters. The third-order valence-corrected chi connectivity index (χ3v) is 6.41. The van der Waals surface area contributed by atoms with Gasteiger partial charge in [0.15, 0.2) is 11.0 Å². The highest BCUT2D eigenvalue weighted by Crippen LogP contribution is 2.33. The van der Waals surface area contributed by atoms with Gasteiger partial charge in [-0.1, -0.05) is 30.0 Å². The largest absolute Gasteiger partial charge is 0.497 e. The minimum atomic E-state index is 0.537. The maximum absolute atomic E-state index is 5.90. The maximum atomic E-state index is 5.90. The number of nitrogens with one attached hydrogen (secondary N) is 1. The van der Waals surface area contributed by atoms with E-state index in [4.69, 9.17) is 14.2 Å². The van der Waals surface area contributed by atoms with Gasteiger partial charge in [0.2, 0.25) is 0 Å². The highest BCUT2D eigenvalue weighted by molar-refractivity contribution is 7.99. The molecule has 7 nitrogen and oxygen atoms in total. The van der Waals surface area contributed by atoms with Gasteiger partial charge in [0.25, 0.3) is 0 Å². The Morgan fingerprint density at radius 3 is 2.34 bits per heavy atom. The number of H-pyrrole nitrogens is 1. The van der Waals surface area contributed by atoms with Crippen LogP contribution in [0.4, 0.5) is 0 Å². The van der Waals surface area contributed by atoms with E-state index in [0.717, 1.165) is 56.1 Å². The Labute approximate surface area is 208 Å². The number of thioether (sulfide) groups is 1. The Morgan fingerprint density at radius 2 is 1.57 bits per heavy atom. The van der Waals surface area contributed by atoms with Crippen molar-refractivity contribution in [3.8, 4) is 34.3 Å². The molecule has 0 radical (unpaired) electrons. The highest BCUT2D eigenvalue weighted by atomic mass is 32.2. The summed E-state index contributed by atoms with van der Waals surface area (Å²) in [6.07, 6.45) is 1.99. The van der Waals surface area contributed by atoms with E-state index in [2.05, 4.69) is 31.9 Å². The van der Waals surface area contributed by atoms with Gasteiger partial charge in [-0.25, -0.2) is 0 Å². The van der Waals surface area contributed by atoms with Crippen LogP contribution < -0.4 is 14.2 Å². The van der Waals surface area contributed by atoms with E-state index in [1.807, 2.05) is 73.8 Å². The third-order valence-electron chi connectivity index (χ3n) is 5.51. The molecule has 0 aliphatic heterocycles. The number of benzene rings is 3. The van der Waals surface area contributed by atoms with Crippen molar-refractivity contribution >= 4 is 22.7 Å². The van der Waals surface area contributed by atoms with Gasteiger partial charge in [-0.05, 0) is 61.5 Å².